The molecule has 1 atom stereocenters. The molecule has 0 bridgehead atoms. The zero-order valence-electron chi connectivity index (χ0n) is 20.0. The molecule has 0 fully saturated rings. The summed E-state index contributed by atoms with van der Waals surface area (Å²) in [6, 6.07) is 22.7. The van der Waals surface area contributed by atoms with E-state index < -0.39 is 6.04 Å². The molecule has 0 aliphatic rings. The fourth-order valence-corrected chi connectivity index (χ4v) is 4.90. The Morgan fingerprint density at radius 1 is 0.914 bits per heavy atom. The summed E-state index contributed by atoms with van der Waals surface area (Å²) in [5.41, 5.74) is 4.17. The molecule has 0 aromatic heterocycles. The number of carbonyl (C=O) groups excluding carboxylic acids is 2. The number of aryl methyl sites for hydroxylation is 1. The molecule has 3 rings (SSSR count). The summed E-state index contributed by atoms with van der Waals surface area (Å²) in [5.74, 6) is 0.713. The highest BCUT2D eigenvalue weighted by molar-refractivity contribution is 7.99. The van der Waals surface area contributed by atoms with E-state index in [4.69, 9.17) is 23.2 Å². The third-order valence-corrected chi connectivity index (χ3v) is 7.30. The van der Waals surface area contributed by atoms with Gasteiger partial charge in [-0.3, -0.25) is 9.59 Å². The van der Waals surface area contributed by atoms with Gasteiger partial charge < -0.3 is 10.2 Å². The summed E-state index contributed by atoms with van der Waals surface area (Å²) < 4.78 is 0. The third kappa shape index (κ3) is 8.31. The lowest BCUT2D eigenvalue weighted by atomic mass is 10.0. The van der Waals surface area contributed by atoms with Gasteiger partial charge in [0.15, 0.2) is 0 Å². The summed E-state index contributed by atoms with van der Waals surface area (Å²) in [7, 11) is 0. The summed E-state index contributed by atoms with van der Waals surface area (Å²) in [5, 5.41) is 3.78. The van der Waals surface area contributed by atoms with Crippen molar-refractivity contribution in [1.29, 1.82) is 0 Å². The molecule has 0 saturated heterocycles. The fourth-order valence-electron chi connectivity index (χ4n) is 3.70. The number of hydrogen-bond acceptors (Lipinski definition) is 3. The molecule has 0 unspecified atom stereocenters. The van der Waals surface area contributed by atoms with Gasteiger partial charge in [0.05, 0.1) is 15.8 Å². The first kappa shape index (κ1) is 27.1. The molecule has 0 aliphatic carbocycles. The second-order valence-corrected chi connectivity index (χ2v) is 10.1. The number of carbonyl (C=O) groups is 2. The molecule has 2 amide bonds. The van der Waals surface area contributed by atoms with Crippen LogP contribution in [-0.4, -0.2) is 35.1 Å². The standard InChI is InChI=1S/C28H30Cl2N2O2S/c1-3-31-28(34)26(16-21-7-5-4-6-8-21)32(17-23-13-14-24(29)25(30)15-23)27(33)19-35-18-22-11-9-20(2)10-12-22/h4-15,26H,3,16-19H2,1-2H3,(H,31,34)/t26-/m1/s1. The van der Waals surface area contributed by atoms with Crippen molar-refractivity contribution in [3.05, 3.63) is 105 Å². The first-order valence-corrected chi connectivity index (χ1v) is 13.5. The lowest BCUT2D eigenvalue weighted by Gasteiger charge is -2.31. The normalized spacial score (nSPS) is 11.7. The Morgan fingerprint density at radius 3 is 2.26 bits per heavy atom. The van der Waals surface area contributed by atoms with Crippen LogP contribution < -0.4 is 5.32 Å². The van der Waals surface area contributed by atoms with Gasteiger partial charge in [0, 0.05) is 25.3 Å². The minimum Gasteiger partial charge on any atom is -0.355 e. The summed E-state index contributed by atoms with van der Waals surface area (Å²) in [6.07, 6.45) is 0.419. The van der Waals surface area contributed by atoms with Crippen molar-refractivity contribution in [2.24, 2.45) is 0 Å². The van der Waals surface area contributed by atoms with Gasteiger partial charge in [-0.2, -0.15) is 0 Å². The highest BCUT2D eigenvalue weighted by Gasteiger charge is 2.30. The van der Waals surface area contributed by atoms with E-state index in [1.54, 1.807) is 28.8 Å². The van der Waals surface area contributed by atoms with Crippen LogP contribution in [0.4, 0.5) is 0 Å². The quantitative estimate of drug-likeness (QED) is 0.317. The number of nitrogens with one attached hydrogen (secondary N) is 1. The highest BCUT2D eigenvalue weighted by atomic mass is 35.5. The van der Waals surface area contributed by atoms with Crippen molar-refractivity contribution in [1.82, 2.24) is 10.2 Å². The van der Waals surface area contributed by atoms with E-state index in [1.807, 2.05) is 43.3 Å². The molecule has 4 nitrogen and oxygen atoms in total. The molecule has 0 saturated carbocycles. The van der Waals surface area contributed by atoms with Crippen LogP contribution in [0.2, 0.25) is 10.0 Å². The minimum absolute atomic E-state index is 0.0969. The van der Waals surface area contributed by atoms with E-state index in [9.17, 15) is 9.59 Å². The molecule has 7 heteroatoms. The maximum absolute atomic E-state index is 13.6. The highest BCUT2D eigenvalue weighted by Crippen LogP contribution is 2.25. The zero-order chi connectivity index (χ0) is 25.2. The largest absolute Gasteiger partial charge is 0.355 e. The summed E-state index contributed by atoms with van der Waals surface area (Å²) in [4.78, 5) is 28.4. The maximum atomic E-state index is 13.6. The van der Waals surface area contributed by atoms with Crippen LogP contribution in [0.25, 0.3) is 0 Å². The van der Waals surface area contributed by atoms with Crippen molar-refractivity contribution >= 4 is 46.8 Å². The number of thioether (sulfide) groups is 1. The number of rotatable bonds is 11. The fraction of sp³-hybridized carbons (Fsp3) is 0.286. The van der Waals surface area contributed by atoms with Gasteiger partial charge in [-0.15, -0.1) is 11.8 Å². The Morgan fingerprint density at radius 2 is 1.60 bits per heavy atom. The maximum Gasteiger partial charge on any atom is 0.243 e. The molecule has 3 aromatic rings. The van der Waals surface area contributed by atoms with Crippen LogP contribution in [0.1, 0.15) is 29.2 Å². The molecule has 35 heavy (non-hydrogen) atoms. The molecular formula is C28H30Cl2N2O2S. The molecule has 0 spiro atoms. The third-order valence-electron chi connectivity index (χ3n) is 5.57. The van der Waals surface area contributed by atoms with Gasteiger partial charge in [-0.1, -0.05) is 89.4 Å². The number of amides is 2. The van der Waals surface area contributed by atoms with Gasteiger partial charge in [-0.05, 0) is 42.7 Å². The van der Waals surface area contributed by atoms with Crippen molar-refractivity contribution in [3.63, 3.8) is 0 Å². The number of halogens is 2. The van der Waals surface area contributed by atoms with Crippen LogP contribution in [-0.2, 0) is 28.3 Å². The van der Waals surface area contributed by atoms with E-state index >= 15 is 0 Å². The second kappa shape index (κ2) is 13.6. The number of hydrogen-bond donors (Lipinski definition) is 1. The molecule has 0 radical (unpaired) electrons. The molecule has 0 aliphatic heterocycles. The molecular weight excluding hydrogens is 499 g/mol. The van der Waals surface area contributed by atoms with E-state index in [-0.39, 0.29) is 24.1 Å². The Hall–Kier alpha value is -2.47. The topological polar surface area (TPSA) is 49.4 Å². The average Bonchev–Trinajstić information content (AvgIpc) is 2.85. The predicted molar refractivity (Wildman–Crippen MR) is 147 cm³/mol. The van der Waals surface area contributed by atoms with Crippen molar-refractivity contribution in [3.8, 4) is 0 Å². The second-order valence-electron chi connectivity index (χ2n) is 8.35. The van der Waals surface area contributed by atoms with Crippen molar-refractivity contribution in [2.45, 2.75) is 38.6 Å². The Labute approximate surface area is 222 Å². The first-order chi connectivity index (χ1) is 16.9. The number of likely N-dealkylation sites (N-methyl/N-ethyl adjacent to an activating group) is 1. The van der Waals surface area contributed by atoms with Crippen molar-refractivity contribution < 1.29 is 9.59 Å². The zero-order valence-corrected chi connectivity index (χ0v) is 22.3. The Bertz CT molecular complexity index is 1120. The van der Waals surface area contributed by atoms with Crippen molar-refractivity contribution in [2.75, 3.05) is 12.3 Å². The smallest absolute Gasteiger partial charge is 0.243 e. The SMILES string of the molecule is CCNC(=O)[C@@H](Cc1ccccc1)N(Cc1ccc(Cl)c(Cl)c1)C(=O)CSCc1ccc(C)cc1. The molecule has 1 N–H and O–H groups in total. The summed E-state index contributed by atoms with van der Waals surface area (Å²) >= 11 is 13.9. The Balaban J connectivity index is 1.84. The molecule has 184 valence electrons. The van der Waals surface area contributed by atoms with E-state index in [1.165, 1.54) is 5.56 Å². The number of nitrogens with zero attached hydrogens (tertiary/aromatic N) is 1. The van der Waals surface area contributed by atoms with E-state index in [0.29, 0.717) is 23.0 Å². The van der Waals surface area contributed by atoms with Crippen LogP contribution in [0, 0.1) is 6.92 Å². The number of benzene rings is 3. The van der Waals surface area contributed by atoms with Crippen LogP contribution in [0.3, 0.4) is 0 Å². The average molecular weight is 530 g/mol. The van der Waals surface area contributed by atoms with Gasteiger partial charge >= 0.3 is 0 Å². The lowest BCUT2D eigenvalue weighted by molar-refractivity contribution is -0.139. The summed E-state index contributed by atoms with van der Waals surface area (Å²) in [6.45, 7) is 4.67. The van der Waals surface area contributed by atoms with Gasteiger partial charge in [-0.25, -0.2) is 0 Å². The minimum atomic E-state index is -0.653. The van der Waals surface area contributed by atoms with Crippen LogP contribution in [0.15, 0.2) is 72.8 Å². The van der Waals surface area contributed by atoms with E-state index in [2.05, 4.69) is 36.5 Å². The van der Waals surface area contributed by atoms with Gasteiger partial charge in [0.25, 0.3) is 0 Å². The van der Waals surface area contributed by atoms with Gasteiger partial charge in [0.2, 0.25) is 11.8 Å². The first-order valence-electron chi connectivity index (χ1n) is 11.6. The lowest BCUT2D eigenvalue weighted by Crippen LogP contribution is -2.51. The predicted octanol–water partition coefficient (Wildman–Crippen LogP) is 6.31. The van der Waals surface area contributed by atoms with E-state index in [0.717, 1.165) is 22.4 Å². The van der Waals surface area contributed by atoms with Crippen LogP contribution >= 0.6 is 35.0 Å². The molecule has 0 heterocycles. The monoisotopic (exact) mass is 528 g/mol. The van der Waals surface area contributed by atoms with Crippen LogP contribution in [0.5, 0.6) is 0 Å². The Kier molecular flexibility index (Phi) is 10.5. The van der Waals surface area contributed by atoms with Gasteiger partial charge in [0.1, 0.15) is 6.04 Å². The molecule has 3 aromatic carbocycles.